The molecule has 0 N–H and O–H groups in total. The molecule has 0 saturated carbocycles. The maximum atomic E-state index is 4.41. The summed E-state index contributed by atoms with van der Waals surface area (Å²) >= 11 is 0. The second-order valence-electron chi connectivity index (χ2n) is 3.87. The van der Waals surface area contributed by atoms with Crippen LogP contribution >= 0.6 is 0 Å². The van der Waals surface area contributed by atoms with Crippen molar-refractivity contribution in [3.8, 4) is 0 Å². The van der Waals surface area contributed by atoms with Crippen molar-refractivity contribution < 1.29 is 0 Å². The summed E-state index contributed by atoms with van der Waals surface area (Å²) in [4.78, 5) is 8.64. The van der Waals surface area contributed by atoms with Crippen LogP contribution in [0.1, 0.15) is 25.8 Å². The predicted molar refractivity (Wildman–Crippen MR) is 59.8 cm³/mol. The highest BCUT2D eigenvalue weighted by Gasteiger charge is 2.17. The van der Waals surface area contributed by atoms with Crippen LogP contribution in [0.15, 0.2) is 29.4 Å². The topological polar surface area (TPSA) is 25.2 Å². The number of hydrogen-bond donors (Lipinski definition) is 0. The van der Waals surface area contributed by atoms with E-state index in [1.165, 1.54) is 0 Å². The second kappa shape index (κ2) is 3.37. The predicted octanol–water partition coefficient (Wildman–Crippen LogP) is 3.23. The lowest BCUT2D eigenvalue weighted by molar-refractivity contribution is 0.590. The van der Waals surface area contributed by atoms with Gasteiger partial charge in [-0.05, 0) is 18.6 Å². The van der Waals surface area contributed by atoms with Crippen molar-refractivity contribution >= 4 is 18.1 Å². The Kier molecular flexibility index (Phi) is 2.20. The van der Waals surface area contributed by atoms with Gasteiger partial charge in [-0.15, -0.1) is 0 Å². The maximum absolute atomic E-state index is 4.41. The molecular weight excluding hydrogens is 172 g/mol. The van der Waals surface area contributed by atoms with Crippen molar-refractivity contribution in [2.24, 2.45) is 10.4 Å². The molecule has 72 valence electrons. The van der Waals surface area contributed by atoms with Crippen LogP contribution in [0.3, 0.4) is 0 Å². The summed E-state index contributed by atoms with van der Waals surface area (Å²) in [6, 6.07) is 3.98. The molecule has 1 aliphatic heterocycles. The summed E-state index contributed by atoms with van der Waals surface area (Å²) in [5.74, 6) is 0.820. The van der Waals surface area contributed by atoms with Crippen molar-refractivity contribution in [1.29, 1.82) is 0 Å². The van der Waals surface area contributed by atoms with Gasteiger partial charge in [-0.25, -0.2) is 9.98 Å². The standard InChI is InChI=1S/C12H14N2/c1-3-12(2)7-6-10-5-4-8-13-11(10)14-9-12/h4-9H,3H2,1-2H3. The normalized spacial score (nSPS) is 24.4. The zero-order valence-electron chi connectivity index (χ0n) is 8.57. The molecule has 0 spiro atoms. The number of aliphatic imine (C=N–C) groups is 1. The van der Waals surface area contributed by atoms with E-state index in [0.29, 0.717) is 0 Å². The summed E-state index contributed by atoms with van der Waals surface area (Å²) in [5, 5.41) is 0. The molecule has 2 heteroatoms. The Hall–Kier alpha value is -1.44. The third-order valence-corrected chi connectivity index (χ3v) is 2.70. The molecule has 0 saturated heterocycles. The van der Waals surface area contributed by atoms with Gasteiger partial charge in [0.15, 0.2) is 5.82 Å². The lowest BCUT2D eigenvalue weighted by atomic mass is 9.89. The van der Waals surface area contributed by atoms with Crippen LogP contribution in [0.2, 0.25) is 0 Å². The Morgan fingerprint density at radius 3 is 3.07 bits per heavy atom. The molecule has 0 radical (unpaired) electrons. The van der Waals surface area contributed by atoms with Crippen molar-refractivity contribution in [3.63, 3.8) is 0 Å². The first kappa shape index (κ1) is 9.13. The minimum atomic E-state index is 0.0701. The van der Waals surface area contributed by atoms with Crippen LogP contribution in [0.5, 0.6) is 0 Å². The number of rotatable bonds is 1. The molecule has 1 aromatic rings. The molecule has 2 heterocycles. The highest BCUT2D eigenvalue weighted by atomic mass is 14.9. The van der Waals surface area contributed by atoms with Crippen LogP contribution < -0.4 is 0 Å². The zero-order valence-corrected chi connectivity index (χ0v) is 8.57. The van der Waals surface area contributed by atoms with Crippen molar-refractivity contribution in [2.75, 3.05) is 0 Å². The third kappa shape index (κ3) is 1.60. The number of nitrogens with zero attached hydrogens (tertiary/aromatic N) is 2. The molecule has 2 rings (SSSR count). The Labute approximate surface area is 84.4 Å². The highest BCUT2D eigenvalue weighted by molar-refractivity contribution is 5.78. The van der Waals surface area contributed by atoms with Gasteiger partial charge in [0.25, 0.3) is 0 Å². The van der Waals surface area contributed by atoms with Gasteiger partial charge in [0.2, 0.25) is 0 Å². The third-order valence-electron chi connectivity index (χ3n) is 2.70. The van der Waals surface area contributed by atoms with Gasteiger partial charge in [-0.3, -0.25) is 0 Å². The van der Waals surface area contributed by atoms with Crippen molar-refractivity contribution in [3.05, 3.63) is 30.0 Å². The lowest BCUT2D eigenvalue weighted by Gasteiger charge is -2.16. The molecule has 0 aromatic carbocycles. The number of hydrogen-bond acceptors (Lipinski definition) is 2. The molecule has 2 nitrogen and oxygen atoms in total. The quantitative estimate of drug-likeness (QED) is 0.661. The Morgan fingerprint density at radius 2 is 2.29 bits per heavy atom. The largest absolute Gasteiger partial charge is 0.240 e. The monoisotopic (exact) mass is 186 g/mol. The molecule has 1 aromatic heterocycles. The number of aromatic nitrogens is 1. The van der Waals surface area contributed by atoms with Crippen molar-refractivity contribution in [1.82, 2.24) is 4.98 Å². The Balaban J connectivity index is 2.47. The van der Waals surface area contributed by atoms with E-state index in [9.17, 15) is 0 Å². The molecule has 0 aliphatic carbocycles. The minimum Gasteiger partial charge on any atom is -0.240 e. The van der Waals surface area contributed by atoms with Gasteiger partial charge in [-0.2, -0.15) is 0 Å². The number of pyridine rings is 1. The summed E-state index contributed by atoms with van der Waals surface area (Å²) in [6.07, 6.45) is 9.13. The Bertz CT molecular complexity index is 358. The lowest BCUT2D eigenvalue weighted by Crippen LogP contribution is -2.12. The molecule has 1 aliphatic rings. The average molecular weight is 186 g/mol. The van der Waals surface area contributed by atoms with E-state index in [1.807, 2.05) is 18.3 Å². The molecule has 14 heavy (non-hydrogen) atoms. The van der Waals surface area contributed by atoms with E-state index in [0.717, 1.165) is 17.8 Å². The first-order valence-electron chi connectivity index (χ1n) is 4.93. The number of fused-ring (bicyclic) bond motifs is 1. The van der Waals surface area contributed by atoms with Crippen LogP contribution in [0.4, 0.5) is 5.82 Å². The molecule has 1 unspecified atom stereocenters. The summed E-state index contributed by atoms with van der Waals surface area (Å²) < 4.78 is 0. The first-order chi connectivity index (χ1) is 6.73. The van der Waals surface area contributed by atoms with Crippen LogP contribution in [-0.4, -0.2) is 11.2 Å². The van der Waals surface area contributed by atoms with Gasteiger partial charge in [0.1, 0.15) is 0 Å². The van der Waals surface area contributed by atoms with Gasteiger partial charge in [-0.1, -0.05) is 26.0 Å². The summed E-state index contributed by atoms with van der Waals surface area (Å²) in [6.45, 7) is 4.35. The van der Waals surface area contributed by atoms with Gasteiger partial charge in [0, 0.05) is 23.4 Å². The van der Waals surface area contributed by atoms with Gasteiger partial charge >= 0.3 is 0 Å². The van der Waals surface area contributed by atoms with E-state index in [4.69, 9.17) is 0 Å². The van der Waals surface area contributed by atoms with E-state index in [-0.39, 0.29) is 5.41 Å². The van der Waals surface area contributed by atoms with E-state index >= 15 is 0 Å². The SMILES string of the molecule is CCC1(C)C=Cc2cccnc2N=C1. The van der Waals surface area contributed by atoms with E-state index in [2.05, 4.69) is 36.0 Å². The number of allylic oxidation sites excluding steroid dienone is 1. The van der Waals surface area contributed by atoms with Crippen LogP contribution in [0.25, 0.3) is 6.08 Å². The fourth-order valence-corrected chi connectivity index (χ4v) is 1.39. The molecule has 0 amide bonds. The molecule has 0 fully saturated rings. The molecule has 1 atom stereocenters. The molecular formula is C12H14N2. The summed E-state index contributed by atoms with van der Waals surface area (Å²) in [5.41, 5.74) is 1.17. The van der Waals surface area contributed by atoms with E-state index in [1.54, 1.807) is 6.20 Å². The van der Waals surface area contributed by atoms with Gasteiger partial charge in [0.05, 0.1) is 0 Å². The zero-order chi connectivity index (χ0) is 10.0. The average Bonchev–Trinajstić information content (AvgIpc) is 2.40. The van der Waals surface area contributed by atoms with Crippen molar-refractivity contribution in [2.45, 2.75) is 20.3 Å². The smallest absolute Gasteiger partial charge is 0.158 e. The Morgan fingerprint density at radius 1 is 1.43 bits per heavy atom. The van der Waals surface area contributed by atoms with Crippen LogP contribution in [-0.2, 0) is 0 Å². The fourth-order valence-electron chi connectivity index (χ4n) is 1.39. The van der Waals surface area contributed by atoms with Crippen LogP contribution in [0, 0.1) is 5.41 Å². The van der Waals surface area contributed by atoms with Gasteiger partial charge < -0.3 is 0 Å². The molecule has 0 bridgehead atoms. The maximum Gasteiger partial charge on any atom is 0.158 e. The highest BCUT2D eigenvalue weighted by Crippen LogP contribution is 2.28. The summed E-state index contributed by atoms with van der Waals surface area (Å²) in [7, 11) is 0. The fraction of sp³-hybridized carbons (Fsp3) is 0.333. The van der Waals surface area contributed by atoms with E-state index < -0.39 is 0 Å². The second-order valence-corrected chi connectivity index (χ2v) is 3.87. The minimum absolute atomic E-state index is 0.0701. The first-order valence-corrected chi connectivity index (χ1v) is 4.93.